The highest BCUT2D eigenvalue weighted by atomic mass is 16.3. The molecule has 0 aliphatic heterocycles. The maximum atomic E-state index is 9.37. The van der Waals surface area contributed by atoms with Gasteiger partial charge in [0.05, 0.1) is 12.3 Å². The highest BCUT2D eigenvalue weighted by molar-refractivity contribution is 5.16. The molecule has 1 heterocycles. The Labute approximate surface area is 107 Å². The van der Waals surface area contributed by atoms with Gasteiger partial charge in [-0.1, -0.05) is 30.3 Å². The van der Waals surface area contributed by atoms with Crippen molar-refractivity contribution in [2.45, 2.75) is 19.0 Å². The third kappa shape index (κ3) is 3.91. The Morgan fingerprint density at radius 2 is 2.00 bits per heavy atom. The van der Waals surface area contributed by atoms with Crippen LogP contribution in [-0.4, -0.2) is 27.7 Å². The van der Waals surface area contributed by atoms with Crippen molar-refractivity contribution in [2.75, 3.05) is 6.61 Å². The number of benzene rings is 1. The monoisotopic (exact) mass is 243 g/mol. The summed E-state index contributed by atoms with van der Waals surface area (Å²) >= 11 is 0. The van der Waals surface area contributed by atoms with Crippen molar-refractivity contribution in [1.29, 1.82) is 0 Å². The van der Waals surface area contributed by atoms with Crippen molar-refractivity contribution >= 4 is 0 Å². The van der Waals surface area contributed by atoms with Gasteiger partial charge >= 0.3 is 0 Å². The lowest BCUT2D eigenvalue weighted by Gasteiger charge is -2.15. The fourth-order valence-electron chi connectivity index (χ4n) is 1.77. The molecule has 0 fully saturated rings. The van der Waals surface area contributed by atoms with Gasteiger partial charge in [-0.25, -0.2) is 0 Å². The lowest BCUT2D eigenvalue weighted by atomic mass is 10.1. The van der Waals surface area contributed by atoms with Crippen molar-refractivity contribution < 1.29 is 5.11 Å². The second kappa shape index (κ2) is 6.83. The Balaban J connectivity index is 1.86. The first kappa shape index (κ1) is 12.7. The Bertz CT molecular complexity index is 447. The van der Waals surface area contributed by atoms with Gasteiger partial charge in [-0.15, -0.1) is 0 Å². The summed E-state index contributed by atoms with van der Waals surface area (Å²) in [4.78, 5) is 8.19. The van der Waals surface area contributed by atoms with E-state index < -0.39 is 0 Å². The summed E-state index contributed by atoms with van der Waals surface area (Å²) < 4.78 is 0. The summed E-state index contributed by atoms with van der Waals surface area (Å²) in [7, 11) is 0. The molecule has 0 bridgehead atoms. The first-order valence-electron chi connectivity index (χ1n) is 6.01. The summed E-state index contributed by atoms with van der Waals surface area (Å²) in [6, 6.07) is 10.2. The summed E-state index contributed by atoms with van der Waals surface area (Å²) in [5.41, 5.74) is 2.09. The van der Waals surface area contributed by atoms with Gasteiger partial charge < -0.3 is 10.4 Å². The smallest absolute Gasteiger partial charge is 0.0724 e. The largest absolute Gasteiger partial charge is 0.395 e. The van der Waals surface area contributed by atoms with Crippen LogP contribution in [0.2, 0.25) is 0 Å². The molecular weight excluding hydrogens is 226 g/mol. The van der Waals surface area contributed by atoms with E-state index in [2.05, 4.69) is 27.4 Å². The van der Waals surface area contributed by atoms with Crippen LogP contribution >= 0.6 is 0 Å². The molecule has 0 saturated carbocycles. The molecule has 0 amide bonds. The molecular formula is C14H17N3O. The molecule has 1 atom stereocenters. The number of hydrogen-bond acceptors (Lipinski definition) is 4. The number of hydrogen-bond donors (Lipinski definition) is 2. The normalized spacial score (nSPS) is 12.3. The molecule has 94 valence electrons. The van der Waals surface area contributed by atoms with Crippen LogP contribution in [0.4, 0.5) is 0 Å². The SMILES string of the molecule is OC[C@H](Cc1ccccc1)NCc1cnccn1. The Hall–Kier alpha value is -1.78. The van der Waals surface area contributed by atoms with E-state index in [0.29, 0.717) is 6.54 Å². The van der Waals surface area contributed by atoms with Gasteiger partial charge in [0.15, 0.2) is 0 Å². The second-order valence-corrected chi connectivity index (χ2v) is 4.15. The van der Waals surface area contributed by atoms with Gasteiger partial charge in [0.25, 0.3) is 0 Å². The predicted molar refractivity (Wildman–Crippen MR) is 69.9 cm³/mol. The summed E-state index contributed by atoms with van der Waals surface area (Å²) in [5, 5.41) is 12.6. The van der Waals surface area contributed by atoms with Crippen LogP contribution in [-0.2, 0) is 13.0 Å². The number of nitrogens with one attached hydrogen (secondary N) is 1. The zero-order chi connectivity index (χ0) is 12.6. The van der Waals surface area contributed by atoms with Crippen molar-refractivity contribution in [2.24, 2.45) is 0 Å². The minimum Gasteiger partial charge on any atom is -0.395 e. The molecule has 0 unspecified atom stereocenters. The standard InChI is InChI=1S/C14H17N3O/c18-11-13(8-12-4-2-1-3-5-12)17-10-14-9-15-6-7-16-14/h1-7,9,13,17-18H,8,10-11H2/t13-/m0/s1. The Morgan fingerprint density at radius 3 is 2.67 bits per heavy atom. The fourth-order valence-corrected chi connectivity index (χ4v) is 1.77. The van der Waals surface area contributed by atoms with Gasteiger partial charge in [0.1, 0.15) is 0 Å². The average molecular weight is 243 g/mol. The van der Waals surface area contributed by atoms with Crippen LogP contribution in [0.5, 0.6) is 0 Å². The number of rotatable bonds is 6. The molecule has 18 heavy (non-hydrogen) atoms. The van der Waals surface area contributed by atoms with Gasteiger partial charge in [-0.3, -0.25) is 9.97 Å². The van der Waals surface area contributed by atoms with Crippen LogP contribution in [0.15, 0.2) is 48.9 Å². The van der Waals surface area contributed by atoms with E-state index in [0.717, 1.165) is 12.1 Å². The summed E-state index contributed by atoms with van der Waals surface area (Å²) in [5.74, 6) is 0. The molecule has 4 heteroatoms. The third-order valence-electron chi connectivity index (χ3n) is 2.73. The van der Waals surface area contributed by atoms with Crippen LogP contribution in [0.1, 0.15) is 11.3 Å². The lowest BCUT2D eigenvalue weighted by molar-refractivity contribution is 0.240. The number of aliphatic hydroxyl groups is 1. The van der Waals surface area contributed by atoms with E-state index >= 15 is 0 Å². The quantitative estimate of drug-likeness (QED) is 0.799. The number of nitrogens with zero attached hydrogens (tertiary/aromatic N) is 2. The number of aromatic nitrogens is 2. The van der Waals surface area contributed by atoms with Crippen LogP contribution in [0, 0.1) is 0 Å². The van der Waals surface area contributed by atoms with Gasteiger partial charge in [0, 0.05) is 31.2 Å². The van der Waals surface area contributed by atoms with E-state index in [1.54, 1.807) is 18.6 Å². The Kier molecular flexibility index (Phi) is 4.81. The molecule has 2 aromatic rings. The van der Waals surface area contributed by atoms with E-state index in [1.807, 2.05) is 18.2 Å². The fraction of sp³-hybridized carbons (Fsp3) is 0.286. The minimum atomic E-state index is 0.0365. The molecule has 0 saturated heterocycles. The van der Waals surface area contributed by atoms with E-state index in [-0.39, 0.29) is 12.6 Å². The van der Waals surface area contributed by atoms with Crippen LogP contribution < -0.4 is 5.32 Å². The molecule has 1 aromatic carbocycles. The molecule has 0 aliphatic carbocycles. The molecule has 4 nitrogen and oxygen atoms in total. The van der Waals surface area contributed by atoms with Gasteiger partial charge in [0.2, 0.25) is 0 Å². The van der Waals surface area contributed by atoms with E-state index in [4.69, 9.17) is 0 Å². The zero-order valence-electron chi connectivity index (χ0n) is 10.2. The summed E-state index contributed by atoms with van der Waals surface area (Å²) in [6.07, 6.45) is 5.85. The predicted octanol–water partition coefficient (Wildman–Crippen LogP) is 1.17. The average Bonchev–Trinajstić information content (AvgIpc) is 2.45. The summed E-state index contributed by atoms with van der Waals surface area (Å²) in [6.45, 7) is 0.723. The van der Waals surface area contributed by atoms with E-state index in [1.165, 1.54) is 5.56 Å². The van der Waals surface area contributed by atoms with Crippen molar-refractivity contribution in [3.63, 3.8) is 0 Å². The second-order valence-electron chi connectivity index (χ2n) is 4.15. The first-order valence-corrected chi connectivity index (χ1v) is 6.01. The van der Waals surface area contributed by atoms with Crippen LogP contribution in [0.25, 0.3) is 0 Å². The third-order valence-corrected chi connectivity index (χ3v) is 2.73. The molecule has 0 radical (unpaired) electrons. The highest BCUT2D eigenvalue weighted by Gasteiger charge is 2.07. The topological polar surface area (TPSA) is 58.0 Å². The van der Waals surface area contributed by atoms with Crippen molar-refractivity contribution in [1.82, 2.24) is 15.3 Å². The molecule has 0 spiro atoms. The van der Waals surface area contributed by atoms with E-state index in [9.17, 15) is 5.11 Å². The number of aliphatic hydroxyl groups excluding tert-OH is 1. The Morgan fingerprint density at radius 1 is 1.17 bits per heavy atom. The van der Waals surface area contributed by atoms with Crippen molar-refractivity contribution in [3.05, 3.63) is 60.2 Å². The maximum absolute atomic E-state index is 9.37. The lowest BCUT2D eigenvalue weighted by Crippen LogP contribution is -2.34. The minimum absolute atomic E-state index is 0.0365. The first-order chi connectivity index (χ1) is 8.88. The highest BCUT2D eigenvalue weighted by Crippen LogP contribution is 2.03. The van der Waals surface area contributed by atoms with Gasteiger partial charge in [-0.2, -0.15) is 0 Å². The van der Waals surface area contributed by atoms with Crippen LogP contribution in [0.3, 0.4) is 0 Å². The van der Waals surface area contributed by atoms with Crippen molar-refractivity contribution in [3.8, 4) is 0 Å². The zero-order valence-corrected chi connectivity index (χ0v) is 10.2. The molecule has 2 rings (SSSR count). The molecule has 2 N–H and O–H groups in total. The molecule has 1 aromatic heterocycles. The maximum Gasteiger partial charge on any atom is 0.0724 e. The molecule has 0 aliphatic rings. The van der Waals surface area contributed by atoms with Gasteiger partial charge in [-0.05, 0) is 12.0 Å².